The van der Waals surface area contributed by atoms with Gasteiger partial charge in [-0.15, -0.1) is 0 Å². The number of halogens is 1. The smallest absolute Gasteiger partial charge is 0.310 e. The van der Waals surface area contributed by atoms with Crippen molar-refractivity contribution in [2.24, 2.45) is 4.99 Å². The molecular formula is C25H22ClN5O2. The predicted octanol–water partition coefficient (Wildman–Crippen LogP) is 5.24. The van der Waals surface area contributed by atoms with E-state index in [-0.39, 0.29) is 12.4 Å². The van der Waals surface area contributed by atoms with E-state index in [1.54, 1.807) is 44.8 Å². The van der Waals surface area contributed by atoms with E-state index in [1.165, 1.54) is 0 Å². The summed E-state index contributed by atoms with van der Waals surface area (Å²) >= 11 is 6.81. The fourth-order valence-electron chi connectivity index (χ4n) is 3.51. The number of fused-ring (bicyclic) bond motifs is 1. The zero-order chi connectivity index (χ0) is 23.2. The van der Waals surface area contributed by atoms with Gasteiger partial charge in [-0.05, 0) is 17.7 Å². The van der Waals surface area contributed by atoms with Gasteiger partial charge in [0.2, 0.25) is 5.95 Å². The van der Waals surface area contributed by atoms with Crippen molar-refractivity contribution in [1.82, 2.24) is 15.0 Å². The maximum Gasteiger partial charge on any atom is 0.310 e. The van der Waals surface area contributed by atoms with Gasteiger partial charge in [-0.3, -0.25) is 14.8 Å². The van der Waals surface area contributed by atoms with Crippen molar-refractivity contribution >= 4 is 40.6 Å². The normalized spacial score (nSPS) is 12.1. The number of nitrogens with one attached hydrogen (secondary N) is 1. The van der Waals surface area contributed by atoms with Crippen molar-refractivity contribution in [2.75, 3.05) is 12.4 Å². The Labute approximate surface area is 196 Å². The first-order valence-corrected chi connectivity index (χ1v) is 10.8. The van der Waals surface area contributed by atoms with Crippen LogP contribution < -0.4 is 10.1 Å². The molecule has 7 nitrogen and oxygen atoms in total. The van der Waals surface area contributed by atoms with Crippen LogP contribution in [0.2, 0.25) is 5.02 Å². The summed E-state index contributed by atoms with van der Waals surface area (Å²) in [6.07, 6.45) is 6.89. The largest absolute Gasteiger partial charge is 0.424 e. The molecule has 0 saturated heterocycles. The van der Waals surface area contributed by atoms with Crippen molar-refractivity contribution in [3.05, 3.63) is 88.8 Å². The summed E-state index contributed by atoms with van der Waals surface area (Å²) in [4.78, 5) is 29.6. The minimum Gasteiger partial charge on any atom is -0.424 e. The number of carbonyl (C=O) groups excluding carboxylic acids is 1. The van der Waals surface area contributed by atoms with Gasteiger partial charge < -0.3 is 10.1 Å². The molecular weight excluding hydrogens is 438 g/mol. The molecule has 0 fully saturated rings. The quantitative estimate of drug-likeness (QED) is 0.231. The van der Waals surface area contributed by atoms with Crippen LogP contribution in [0.25, 0.3) is 10.9 Å². The number of ether oxygens (including phenoxy) is 1. The van der Waals surface area contributed by atoms with E-state index in [1.807, 2.05) is 42.5 Å². The number of rotatable bonds is 7. The third-order valence-electron chi connectivity index (χ3n) is 5.05. The van der Waals surface area contributed by atoms with Crippen molar-refractivity contribution in [2.45, 2.75) is 19.4 Å². The average molecular weight is 460 g/mol. The minimum atomic E-state index is -0.531. The molecule has 0 aliphatic carbocycles. The van der Waals surface area contributed by atoms with Crippen LogP contribution >= 0.6 is 11.6 Å². The zero-order valence-corrected chi connectivity index (χ0v) is 19.0. The summed E-state index contributed by atoms with van der Waals surface area (Å²) in [5.41, 5.74) is 2.79. The highest BCUT2D eigenvalue weighted by atomic mass is 35.5. The summed E-state index contributed by atoms with van der Waals surface area (Å²) in [5.74, 6) is 0.420. The third kappa shape index (κ3) is 4.83. The maximum absolute atomic E-state index is 12.4. The van der Waals surface area contributed by atoms with E-state index in [0.717, 1.165) is 16.5 Å². The third-order valence-corrected chi connectivity index (χ3v) is 5.49. The van der Waals surface area contributed by atoms with Gasteiger partial charge in [0.15, 0.2) is 5.75 Å². The summed E-state index contributed by atoms with van der Waals surface area (Å²) in [5, 5.41) is 4.72. The van der Waals surface area contributed by atoms with Crippen molar-refractivity contribution in [3.63, 3.8) is 0 Å². The number of pyridine rings is 1. The first-order chi connectivity index (χ1) is 16.1. The molecule has 1 unspecified atom stereocenters. The molecule has 2 aromatic carbocycles. The topological polar surface area (TPSA) is 89.4 Å². The van der Waals surface area contributed by atoms with E-state index in [9.17, 15) is 4.79 Å². The van der Waals surface area contributed by atoms with Crippen LogP contribution in [-0.2, 0) is 4.79 Å². The molecule has 0 radical (unpaired) electrons. The molecule has 4 aromatic rings. The van der Waals surface area contributed by atoms with Crippen molar-refractivity contribution in [3.8, 4) is 5.75 Å². The number of carbonyl (C=O) groups is 1. The number of nitrogens with zero attached hydrogens (tertiary/aromatic N) is 4. The molecule has 33 heavy (non-hydrogen) atoms. The van der Waals surface area contributed by atoms with E-state index >= 15 is 0 Å². The highest BCUT2D eigenvalue weighted by molar-refractivity contribution is 6.34. The Kier molecular flexibility index (Phi) is 6.90. The van der Waals surface area contributed by atoms with Gasteiger partial charge in [-0.1, -0.05) is 54.9 Å². The first-order valence-electron chi connectivity index (χ1n) is 10.4. The van der Waals surface area contributed by atoms with Crippen LogP contribution in [0.1, 0.15) is 36.1 Å². The lowest BCUT2D eigenvalue weighted by Gasteiger charge is -2.24. The number of benzene rings is 2. The molecule has 1 N–H and O–H groups in total. The summed E-state index contributed by atoms with van der Waals surface area (Å²) in [6, 6.07) is 14.5. The van der Waals surface area contributed by atoms with E-state index in [2.05, 4.69) is 25.3 Å². The molecule has 0 amide bonds. The lowest BCUT2D eigenvalue weighted by Crippen LogP contribution is -2.18. The number of aromatic nitrogens is 3. The molecule has 8 heteroatoms. The zero-order valence-electron chi connectivity index (χ0n) is 18.2. The van der Waals surface area contributed by atoms with Crippen LogP contribution in [0.5, 0.6) is 5.75 Å². The molecule has 4 rings (SSSR count). The van der Waals surface area contributed by atoms with Gasteiger partial charge in [0, 0.05) is 54.8 Å². The Balaban J connectivity index is 1.96. The van der Waals surface area contributed by atoms with Crippen LogP contribution in [-0.4, -0.2) is 34.2 Å². The molecule has 0 bridgehead atoms. The monoisotopic (exact) mass is 459 g/mol. The Hall–Kier alpha value is -3.84. The van der Waals surface area contributed by atoms with Crippen LogP contribution in [0.4, 0.5) is 5.95 Å². The molecule has 2 heterocycles. The van der Waals surface area contributed by atoms with Crippen LogP contribution in [0, 0.1) is 0 Å². The van der Waals surface area contributed by atoms with Crippen molar-refractivity contribution in [1.29, 1.82) is 0 Å². The summed E-state index contributed by atoms with van der Waals surface area (Å²) in [6.45, 7) is 1.75. The Bertz CT molecular complexity index is 1310. The van der Waals surface area contributed by atoms with Crippen LogP contribution in [0.3, 0.4) is 0 Å². The molecule has 2 aromatic heterocycles. The average Bonchev–Trinajstić information content (AvgIpc) is 2.85. The number of hydrogen-bond acceptors (Lipinski definition) is 7. The highest BCUT2D eigenvalue weighted by Crippen LogP contribution is 2.39. The summed E-state index contributed by atoms with van der Waals surface area (Å²) < 4.78 is 5.81. The number of anilines is 1. The lowest BCUT2D eigenvalue weighted by atomic mass is 9.95. The lowest BCUT2D eigenvalue weighted by molar-refractivity contribution is -0.133. The van der Waals surface area contributed by atoms with Gasteiger partial charge in [0.05, 0.1) is 11.1 Å². The molecule has 0 saturated carbocycles. The molecule has 0 aliphatic heterocycles. The first kappa shape index (κ1) is 22.4. The molecule has 166 valence electrons. The number of aliphatic imine (C=N–C) groups is 1. The molecule has 0 spiro atoms. The van der Waals surface area contributed by atoms with E-state index < -0.39 is 6.04 Å². The highest BCUT2D eigenvalue weighted by Gasteiger charge is 2.25. The van der Waals surface area contributed by atoms with Crippen LogP contribution in [0.15, 0.2) is 72.1 Å². The maximum atomic E-state index is 12.4. The number of esters is 1. The predicted molar refractivity (Wildman–Crippen MR) is 130 cm³/mol. The van der Waals surface area contributed by atoms with Gasteiger partial charge in [0.25, 0.3) is 0 Å². The van der Waals surface area contributed by atoms with Gasteiger partial charge in [-0.25, -0.2) is 9.97 Å². The Morgan fingerprint density at radius 1 is 1.06 bits per heavy atom. The SMILES string of the molecule is CCC(=O)Oc1c(C(Nc2ncccn2)c2cccc(C=NC)c2Cl)ccc2cccnc12. The molecule has 0 aliphatic rings. The standard InChI is InChI=1S/C25H22ClN5O2/c1-3-20(32)33-24-19(11-10-16-8-5-12-28-22(16)24)23(31-25-29-13-6-14-30-25)18-9-4-7-17(15-27-2)21(18)26/h4-15,23H,3H2,1-2H3,(H,29,30,31). The second-order valence-electron chi connectivity index (χ2n) is 7.17. The fourth-order valence-corrected chi connectivity index (χ4v) is 3.79. The summed E-state index contributed by atoms with van der Waals surface area (Å²) in [7, 11) is 1.69. The second kappa shape index (κ2) is 10.2. The van der Waals surface area contributed by atoms with E-state index in [4.69, 9.17) is 16.3 Å². The minimum absolute atomic E-state index is 0.228. The van der Waals surface area contributed by atoms with E-state index in [0.29, 0.717) is 27.8 Å². The second-order valence-corrected chi connectivity index (χ2v) is 7.55. The van der Waals surface area contributed by atoms with Gasteiger partial charge in [-0.2, -0.15) is 0 Å². The fraction of sp³-hybridized carbons (Fsp3) is 0.160. The molecule has 1 atom stereocenters. The number of hydrogen-bond donors (Lipinski definition) is 1. The van der Waals surface area contributed by atoms with Crippen molar-refractivity contribution < 1.29 is 9.53 Å². The Morgan fingerprint density at radius 2 is 1.85 bits per heavy atom. The van der Waals surface area contributed by atoms with Gasteiger partial charge in [0.1, 0.15) is 5.52 Å². The Morgan fingerprint density at radius 3 is 2.61 bits per heavy atom. The van der Waals surface area contributed by atoms with Gasteiger partial charge >= 0.3 is 5.97 Å².